The number of hydrogen-bond acceptors (Lipinski definition) is 2. The Morgan fingerprint density at radius 2 is 1.22 bits per heavy atom. The number of rotatable bonds is 4. The molecule has 36 heavy (non-hydrogen) atoms. The van der Waals surface area contributed by atoms with Crippen LogP contribution in [0, 0.1) is 13.8 Å². The minimum Gasteiger partial charge on any atom is -0.454 e. The molecule has 4 nitrogen and oxygen atoms in total. The van der Waals surface area contributed by atoms with E-state index >= 15 is 0 Å². The molecule has 2 N–H and O–H groups in total. The number of para-hydroxylation sites is 2. The summed E-state index contributed by atoms with van der Waals surface area (Å²) < 4.78 is 11.3. The van der Waals surface area contributed by atoms with Crippen molar-refractivity contribution in [2.75, 3.05) is 6.79 Å². The van der Waals surface area contributed by atoms with E-state index < -0.39 is 0 Å². The molecule has 4 heteroatoms. The summed E-state index contributed by atoms with van der Waals surface area (Å²) in [7, 11) is 0. The Balaban J connectivity index is 1.55. The van der Waals surface area contributed by atoms with Crippen molar-refractivity contribution < 1.29 is 9.47 Å². The molecule has 176 valence electrons. The van der Waals surface area contributed by atoms with Gasteiger partial charge in [-0.15, -0.1) is 0 Å². The molecule has 0 aliphatic carbocycles. The zero-order valence-electron chi connectivity index (χ0n) is 20.3. The van der Waals surface area contributed by atoms with Gasteiger partial charge in [0.15, 0.2) is 11.5 Å². The van der Waals surface area contributed by atoms with Crippen LogP contribution in [0.5, 0.6) is 11.5 Å². The third kappa shape index (κ3) is 3.14. The normalized spacial score (nSPS) is 12.8. The highest BCUT2D eigenvalue weighted by molar-refractivity contribution is 5.92. The number of aryl methyl sites for hydroxylation is 2. The number of nitrogens with one attached hydrogen (secondary N) is 2. The molecule has 1 aliphatic rings. The molecule has 6 aromatic rings. The van der Waals surface area contributed by atoms with Gasteiger partial charge in [0.25, 0.3) is 0 Å². The fourth-order valence-corrected chi connectivity index (χ4v) is 5.87. The number of ether oxygens (including phenoxy) is 2. The first kappa shape index (κ1) is 20.9. The quantitative estimate of drug-likeness (QED) is 0.276. The second-order valence-corrected chi connectivity index (χ2v) is 9.51. The van der Waals surface area contributed by atoms with Crippen molar-refractivity contribution in [2.45, 2.75) is 19.8 Å². The molecule has 0 amide bonds. The van der Waals surface area contributed by atoms with E-state index in [1.807, 2.05) is 6.07 Å². The van der Waals surface area contributed by atoms with Gasteiger partial charge in [0.05, 0.1) is 0 Å². The molecule has 0 unspecified atom stereocenters. The maximum absolute atomic E-state index is 5.73. The first-order valence-corrected chi connectivity index (χ1v) is 12.3. The average molecular weight is 471 g/mol. The Hall–Kier alpha value is -4.44. The molecular weight excluding hydrogens is 444 g/mol. The number of hydrogen-bond donors (Lipinski definition) is 2. The van der Waals surface area contributed by atoms with E-state index in [1.54, 1.807) is 0 Å². The topological polar surface area (TPSA) is 50.0 Å². The van der Waals surface area contributed by atoms with E-state index in [9.17, 15) is 0 Å². The number of aromatic nitrogens is 2. The van der Waals surface area contributed by atoms with E-state index in [0.29, 0.717) is 0 Å². The highest BCUT2D eigenvalue weighted by atomic mass is 16.7. The molecule has 4 aromatic carbocycles. The predicted molar refractivity (Wildman–Crippen MR) is 145 cm³/mol. The fraction of sp³-hybridized carbons (Fsp3) is 0.125. The van der Waals surface area contributed by atoms with E-state index in [4.69, 9.17) is 9.47 Å². The van der Waals surface area contributed by atoms with Gasteiger partial charge in [-0.25, -0.2) is 0 Å². The maximum atomic E-state index is 5.73. The lowest BCUT2D eigenvalue weighted by Crippen LogP contribution is -2.07. The van der Waals surface area contributed by atoms with Gasteiger partial charge >= 0.3 is 0 Å². The third-order valence-corrected chi connectivity index (χ3v) is 7.42. The maximum Gasteiger partial charge on any atom is 0.231 e. The SMILES string of the molecule is Cc1[nH]c2ccccc2c1C(c1ccccc1-c1ccc2c(c1)OCO2)c1c(C)[nH]c2ccccc12. The van der Waals surface area contributed by atoms with Crippen LogP contribution in [0.1, 0.15) is 34.0 Å². The molecule has 0 bridgehead atoms. The zero-order chi connectivity index (χ0) is 24.2. The highest BCUT2D eigenvalue weighted by Crippen LogP contribution is 2.46. The molecule has 0 radical (unpaired) electrons. The molecule has 2 aromatic heterocycles. The van der Waals surface area contributed by atoms with Crippen LogP contribution in [0.2, 0.25) is 0 Å². The summed E-state index contributed by atoms with van der Waals surface area (Å²) in [5.74, 6) is 1.62. The van der Waals surface area contributed by atoms with Gasteiger partial charge in [0.2, 0.25) is 6.79 Å². The summed E-state index contributed by atoms with van der Waals surface area (Å²) in [6.07, 6.45) is 0. The third-order valence-electron chi connectivity index (χ3n) is 7.42. The fourth-order valence-electron chi connectivity index (χ4n) is 5.87. The van der Waals surface area contributed by atoms with Gasteiger partial charge in [-0.3, -0.25) is 0 Å². The lowest BCUT2D eigenvalue weighted by molar-refractivity contribution is 0.174. The molecular formula is C32H26N2O2. The van der Waals surface area contributed by atoms with Crippen molar-refractivity contribution in [3.05, 3.63) is 119 Å². The number of fused-ring (bicyclic) bond motifs is 3. The largest absolute Gasteiger partial charge is 0.454 e. The van der Waals surface area contributed by atoms with E-state index in [2.05, 4.69) is 109 Å². The van der Waals surface area contributed by atoms with Gasteiger partial charge in [-0.05, 0) is 65.9 Å². The van der Waals surface area contributed by atoms with Crippen LogP contribution < -0.4 is 9.47 Å². The first-order valence-electron chi connectivity index (χ1n) is 12.3. The molecule has 0 spiro atoms. The molecule has 0 atom stereocenters. The zero-order valence-corrected chi connectivity index (χ0v) is 20.3. The van der Waals surface area contributed by atoms with E-state index in [0.717, 1.165) is 28.1 Å². The van der Waals surface area contributed by atoms with Gasteiger partial charge in [0, 0.05) is 39.1 Å². The molecule has 3 heterocycles. The molecule has 0 saturated carbocycles. The Morgan fingerprint density at radius 1 is 0.639 bits per heavy atom. The number of aromatic amines is 2. The van der Waals surface area contributed by atoms with Crippen molar-refractivity contribution in [3.63, 3.8) is 0 Å². The van der Waals surface area contributed by atoms with Crippen LogP contribution in [-0.2, 0) is 0 Å². The Morgan fingerprint density at radius 3 is 1.92 bits per heavy atom. The van der Waals surface area contributed by atoms with Crippen LogP contribution in [-0.4, -0.2) is 16.8 Å². The van der Waals surface area contributed by atoms with Crippen LogP contribution in [0.15, 0.2) is 91.0 Å². The van der Waals surface area contributed by atoms with Crippen LogP contribution in [0.25, 0.3) is 32.9 Å². The Bertz CT molecular complexity index is 1680. The second-order valence-electron chi connectivity index (χ2n) is 9.51. The van der Waals surface area contributed by atoms with Crippen LogP contribution in [0.3, 0.4) is 0 Å². The summed E-state index contributed by atoms with van der Waals surface area (Å²) in [5.41, 5.74) is 10.9. The number of benzene rings is 4. The minimum absolute atomic E-state index is 0.0268. The number of H-pyrrole nitrogens is 2. The van der Waals surface area contributed by atoms with Gasteiger partial charge in [-0.1, -0.05) is 66.7 Å². The van der Waals surface area contributed by atoms with Gasteiger partial charge < -0.3 is 19.4 Å². The van der Waals surface area contributed by atoms with Gasteiger partial charge in [-0.2, -0.15) is 0 Å². The van der Waals surface area contributed by atoms with Crippen molar-refractivity contribution in [1.29, 1.82) is 0 Å². The highest BCUT2D eigenvalue weighted by Gasteiger charge is 2.29. The lowest BCUT2D eigenvalue weighted by Gasteiger charge is -2.23. The van der Waals surface area contributed by atoms with Crippen molar-refractivity contribution in [3.8, 4) is 22.6 Å². The predicted octanol–water partition coefficient (Wildman–Crippen LogP) is 7.84. The van der Waals surface area contributed by atoms with Crippen LogP contribution >= 0.6 is 0 Å². The Labute approximate surface area is 209 Å². The summed E-state index contributed by atoms with van der Waals surface area (Å²) in [6, 6.07) is 32.2. The smallest absolute Gasteiger partial charge is 0.231 e. The van der Waals surface area contributed by atoms with E-state index in [1.165, 1.54) is 44.4 Å². The summed E-state index contributed by atoms with van der Waals surface area (Å²) in [6.45, 7) is 4.65. The average Bonchev–Trinajstić information content (AvgIpc) is 3.59. The summed E-state index contributed by atoms with van der Waals surface area (Å²) >= 11 is 0. The summed E-state index contributed by atoms with van der Waals surface area (Å²) in [5, 5.41) is 2.51. The Kier molecular flexibility index (Phi) is 4.68. The van der Waals surface area contributed by atoms with Crippen molar-refractivity contribution in [1.82, 2.24) is 9.97 Å². The standard InChI is InChI=1S/C32H26N2O2/c1-19-30(24-11-5-7-13-26(24)33-19)32(31-20(2)34-27-14-8-6-12-25(27)31)23-10-4-3-9-22(23)21-15-16-28-29(17-21)36-18-35-28/h3-17,32-34H,18H2,1-2H3. The van der Waals surface area contributed by atoms with Gasteiger partial charge in [0.1, 0.15) is 0 Å². The van der Waals surface area contributed by atoms with E-state index in [-0.39, 0.29) is 12.7 Å². The van der Waals surface area contributed by atoms with Crippen molar-refractivity contribution >= 4 is 21.8 Å². The first-order chi connectivity index (χ1) is 17.7. The molecule has 0 fully saturated rings. The molecule has 1 aliphatic heterocycles. The lowest BCUT2D eigenvalue weighted by atomic mass is 9.79. The molecule has 7 rings (SSSR count). The monoisotopic (exact) mass is 470 g/mol. The van der Waals surface area contributed by atoms with Crippen molar-refractivity contribution in [2.24, 2.45) is 0 Å². The molecule has 0 saturated heterocycles. The van der Waals surface area contributed by atoms with Crippen LogP contribution in [0.4, 0.5) is 0 Å². The summed E-state index contributed by atoms with van der Waals surface area (Å²) in [4.78, 5) is 7.31. The minimum atomic E-state index is 0.0268. The second kappa shape index (κ2) is 8.06.